The monoisotopic (exact) mass is 209 g/mol. The Labute approximate surface area is 93.0 Å². The van der Waals surface area contributed by atoms with Crippen molar-refractivity contribution in [1.82, 2.24) is 4.90 Å². The molecule has 2 nitrogen and oxygen atoms in total. The second kappa shape index (κ2) is 5.11. The quantitative estimate of drug-likeness (QED) is 0.697. The van der Waals surface area contributed by atoms with E-state index in [0.717, 1.165) is 25.8 Å². The molecule has 2 fully saturated rings. The summed E-state index contributed by atoms with van der Waals surface area (Å²) in [6.45, 7) is 4.58. The highest BCUT2D eigenvalue weighted by Gasteiger charge is 2.28. The van der Waals surface area contributed by atoms with E-state index < -0.39 is 0 Å². The molecule has 2 aliphatic rings. The molecule has 2 heteroatoms. The van der Waals surface area contributed by atoms with Gasteiger partial charge >= 0.3 is 0 Å². The van der Waals surface area contributed by atoms with Crippen molar-refractivity contribution in [3.05, 3.63) is 0 Å². The Bertz CT molecular complexity index is 227. The summed E-state index contributed by atoms with van der Waals surface area (Å²) < 4.78 is 0. The average molecular weight is 209 g/mol. The zero-order chi connectivity index (χ0) is 10.7. The Morgan fingerprint density at radius 2 is 2.07 bits per heavy atom. The first-order valence-corrected chi connectivity index (χ1v) is 6.54. The van der Waals surface area contributed by atoms with Crippen molar-refractivity contribution in [1.29, 1.82) is 0 Å². The third kappa shape index (κ3) is 2.81. The van der Waals surface area contributed by atoms with Gasteiger partial charge in [0.2, 0.25) is 0 Å². The molecule has 2 rings (SSSR count). The molecule has 0 aromatic rings. The van der Waals surface area contributed by atoms with Crippen LogP contribution in [0.4, 0.5) is 0 Å². The van der Waals surface area contributed by atoms with E-state index >= 15 is 0 Å². The Hall–Kier alpha value is -0.370. The first kappa shape index (κ1) is 11.1. The van der Waals surface area contributed by atoms with Crippen LogP contribution in [0.2, 0.25) is 0 Å². The van der Waals surface area contributed by atoms with Crippen molar-refractivity contribution in [2.75, 3.05) is 13.1 Å². The number of carbonyl (C=O) groups excluding carboxylic acids is 1. The predicted molar refractivity (Wildman–Crippen MR) is 61.9 cm³/mol. The highest BCUT2D eigenvalue weighted by molar-refractivity contribution is 5.83. The molecule has 1 aliphatic carbocycles. The number of Topliss-reactive ketones (excluding diaryl/α,β-unsaturated/α-hetero) is 1. The lowest BCUT2D eigenvalue weighted by molar-refractivity contribution is -0.121. The fraction of sp³-hybridized carbons (Fsp3) is 0.923. The van der Waals surface area contributed by atoms with Crippen molar-refractivity contribution in [3.8, 4) is 0 Å². The number of likely N-dealkylation sites (tertiary alicyclic amines) is 1. The van der Waals surface area contributed by atoms with Crippen LogP contribution >= 0.6 is 0 Å². The second-order valence-electron chi connectivity index (χ2n) is 5.25. The smallest absolute Gasteiger partial charge is 0.137 e. The van der Waals surface area contributed by atoms with Crippen LogP contribution in [0.1, 0.15) is 51.9 Å². The van der Waals surface area contributed by atoms with Crippen molar-refractivity contribution in [2.45, 2.75) is 57.9 Å². The molecule has 0 bridgehead atoms. The van der Waals surface area contributed by atoms with E-state index in [1.807, 2.05) is 0 Å². The SMILES string of the molecule is CC1CCCCCN1CC1CCCC1=O. The summed E-state index contributed by atoms with van der Waals surface area (Å²) in [6.07, 6.45) is 8.50. The van der Waals surface area contributed by atoms with Crippen LogP contribution in [0.3, 0.4) is 0 Å². The molecule has 0 amide bonds. The first-order valence-electron chi connectivity index (χ1n) is 6.54. The van der Waals surface area contributed by atoms with E-state index in [0.29, 0.717) is 17.7 Å². The normalized spacial score (nSPS) is 34.3. The number of hydrogen-bond donors (Lipinski definition) is 0. The molecule has 86 valence electrons. The zero-order valence-electron chi connectivity index (χ0n) is 9.87. The van der Waals surface area contributed by atoms with Gasteiger partial charge in [-0.1, -0.05) is 12.8 Å². The third-order valence-corrected chi connectivity index (χ3v) is 4.08. The van der Waals surface area contributed by atoms with Crippen molar-refractivity contribution in [2.24, 2.45) is 5.92 Å². The van der Waals surface area contributed by atoms with Crippen LogP contribution in [0, 0.1) is 5.92 Å². The lowest BCUT2D eigenvalue weighted by atomic mass is 10.1. The lowest BCUT2D eigenvalue weighted by Crippen LogP contribution is -2.37. The van der Waals surface area contributed by atoms with Crippen LogP contribution in [0.25, 0.3) is 0 Å². The van der Waals surface area contributed by atoms with Crippen molar-refractivity contribution in [3.63, 3.8) is 0 Å². The van der Waals surface area contributed by atoms with E-state index in [1.165, 1.54) is 32.2 Å². The van der Waals surface area contributed by atoms with Crippen LogP contribution in [0.15, 0.2) is 0 Å². The molecule has 2 unspecified atom stereocenters. The van der Waals surface area contributed by atoms with Crippen LogP contribution in [0.5, 0.6) is 0 Å². The Kier molecular flexibility index (Phi) is 3.79. The van der Waals surface area contributed by atoms with Gasteiger partial charge < -0.3 is 0 Å². The molecule has 15 heavy (non-hydrogen) atoms. The topological polar surface area (TPSA) is 20.3 Å². The first-order chi connectivity index (χ1) is 7.27. The van der Waals surface area contributed by atoms with Gasteiger partial charge in [0, 0.05) is 24.9 Å². The highest BCUT2D eigenvalue weighted by Crippen LogP contribution is 2.25. The summed E-state index contributed by atoms with van der Waals surface area (Å²) in [6, 6.07) is 0.695. The van der Waals surface area contributed by atoms with Gasteiger partial charge in [0.25, 0.3) is 0 Å². The number of hydrogen-bond acceptors (Lipinski definition) is 2. The van der Waals surface area contributed by atoms with Gasteiger partial charge in [-0.2, -0.15) is 0 Å². The zero-order valence-corrected chi connectivity index (χ0v) is 9.87. The second-order valence-corrected chi connectivity index (χ2v) is 5.25. The van der Waals surface area contributed by atoms with Crippen LogP contribution in [-0.2, 0) is 4.79 Å². The molecule has 0 radical (unpaired) electrons. The van der Waals surface area contributed by atoms with E-state index in [9.17, 15) is 4.79 Å². The molecule has 1 aliphatic heterocycles. The maximum atomic E-state index is 11.6. The van der Waals surface area contributed by atoms with Gasteiger partial charge in [0.1, 0.15) is 5.78 Å². The van der Waals surface area contributed by atoms with Gasteiger partial charge in [-0.25, -0.2) is 0 Å². The molecule has 0 spiro atoms. The molecule has 1 saturated heterocycles. The number of rotatable bonds is 2. The molecular weight excluding hydrogens is 186 g/mol. The van der Waals surface area contributed by atoms with Crippen molar-refractivity contribution >= 4 is 5.78 Å². The molecule has 1 heterocycles. The summed E-state index contributed by atoms with van der Waals surface area (Å²) >= 11 is 0. The fourth-order valence-electron chi connectivity index (χ4n) is 2.97. The minimum Gasteiger partial charge on any atom is -0.300 e. The number of nitrogens with zero attached hydrogens (tertiary/aromatic N) is 1. The van der Waals surface area contributed by atoms with Gasteiger partial charge in [0.15, 0.2) is 0 Å². The molecule has 0 N–H and O–H groups in total. The third-order valence-electron chi connectivity index (χ3n) is 4.08. The predicted octanol–water partition coefficient (Wildman–Crippen LogP) is 2.62. The minimum atomic E-state index is 0.366. The van der Waals surface area contributed by atoms with E-state index in [2.05, 4.69) is 11.8 Å². The summed E-state index contributed by atoms with van der Waals surface area (Å²) in [5, 5.41) is 0. The summed E-state index contributed by atoms with van der Waals surface area (Å²) in [5.74, 6) is 0.886. The van der Waals surface area contributed by atoms with E-state index in [-0.39, 0.29) is 0 Å². The summed E-state index contributed by atoms with van der Waals surface area (Å²) in [5.41, 5.74) is 0. The average Bonchev–Trinajstić information content (AvgIpc) is 2.50. The molecule has 0 aromatic carbocycles. The van der Waals surface area contributed by atoms with Gasteiger partial charge in [0.05, 0.1) is 0 Å². The fourth-order valence-corrected chi connectivity index (χ4v) is 2.97. The maximum absolute atomic E-state index is 11.6. The highest BCUT2D eigenvalue weighted by atomic mass is 16.1. The van der Waals surface area contributed by atoms with Gasteiger partial charge in [-0.15, -0.1) is 0 Å². The summed E-state index contributed by atoms with van der Waals surface area (Å²) in [7, 11) is 0. The lowest BCUT2D eigenvalue weighted by Gasteiger charge is -2.28. The molecular formula is C13H23NO. The minimum absolute atomic E-state index is 0.366. The Morgan fingerprint density at radius 1 is 1.20 bits per heavy atom. The summed E-state index contributed by atoms with van der Waals surface area (Å²) in [4.78, 5) is 14.2. The molecule has 2 atom stereocenters. The standard InChI is InChI=1S/C13H23NO/c1-11-6-3-2-4-9-14(11)10-12-7-5-8-13(12)15/h11-12H,2-10H2,1H3. The van der Waals surface area contributed by atoms with E-state index in [4.69, 9.17) is 0 Å². The molecule has 1 saturated carbocycles. The van der Waals surface area contributed by atoms with Crippen LogP contribution in [-0.4, -0.2) is 29.8 Å². The van der Waals surface area contributed by atoms with E-state index in [1.54, 1.807) is 0 Å². The van der Waals surface area contributed by atoms with Crippen molar-refractivity contribution < 1.29 is 4.79 Å². The largest absolute Gasteiger partial charge is 0.300 e. The number of ketones is 1. The Balaban J connectivity index is 1.88. The van der Waals surface area contributed by atoms with Gasteiger partial charge in [-0.3, -0.25) is 9.69 Å². The maximum Gasteiger partial charge on any atom is 0.137 e. The molecule has 0 aromatic heterocycles. The van der Waals surface area contributed by atoms with Gasteiger partial charge in [-0.05, 0) is 39.2 Å². The Morgan fingerprint density at radius 3 is 2.80 bits per heavy atom. The number of carbonyl (C=O) groups is 1. The van der Waals surface area contributed by atoms with Crippen LogP contribution < -0.4 is 0 Å².